The Bertz CT molecular complexity index is 648. The molecule has 2 aromatic rings. The van der Waals surface area contributed by atoms with Crippen molar-refractivity contribution in [3.8, 4) is 11.3 Å². The number of rotatable bonds is 4. The topological polar surface area (TPSA) is 51.5 Å². The van der Waals surface area contributed by atoms with E-state index >= 15 is 0 Å². The van der Waals surface area contributed by atoms with E-state index in [2.05, 4.69) is 35.8 Å². The Morgan fingerprint density at radius 2 is 2.00 bits per heavy atom. The Morgan fingerprint density at radius 3 is 2.73 bits per heavy atom. The van der Waals surface area contributed by atoms with E-state index in [4.69, 9.17) is 4.74 Å². The van der Waals surface area contributed by atoms with Crippen LogP contribution in [-0.4, -0.2) is 27.9 Å². The van der Waals surface area contributed by atoms with Crippen LogP contribution in [-0.2, 0) is 16.1 Å². The third-order valence-electron chi connectivity index (χ3n) is 4.18. The molecule has 0 unspecified atom stereocenters. The van der Waals surface area contributed by atoms with Crippen LogP contribution < -0.4 is 0 Å². The Morgan fingerprint density at radius 1 is 1.23 bits per heavy atom. The van der Waals surface area contributed by atoms with Crippen molar-refractivity contribution in [3.05, 3.63) is 48.2 Å². The third kappa shape index (κ3) is 3.22. The van der Waals surface area contributed by atoms with Gasteiger partial charge in [-0.25, -0.2) is 0 Å². The van der Waals surface area contributed by atoms with E-state index in [0.29, 0.717) is 6.42 Å². The number of aliphatic hydroxyl groups is 1. The zero-order valence-corrected chi connectivity index (χ0v) is 12.7. The smallest absolute Gasteiger partial charge is 0.308 e. The maximum atomic E-state index is 11.4. The highest BCUT2D eigenvalue weighted by Gasteiger charge is 2.27. The molecule has 1 aliphatic heterocycles. The Labute approximate surface area is 130 Å². The molecule has 1 N–H and O–H groups in total. The Kier molecular flexibility index (Phi) is 4.29. The Hall–Kier alpha value is -2.07. The summed E-state index contributed by atoms with van der Waals surface area (Å²) in [6.45, 7) is 2.85. The molecular formula is C18H21NO3. The van der Waals surface area contributed by atoms with Crippen molar-refractivity contribution in [1.82, 2.24) is 4.57 Å². The average molecular weight is 299 g/mol. The standard InChI is InChI=1S/C18H21NO3/c1-13-7-8-17(14-5-3-2-4-6-14)19(13)10-9-16-11-15(20)12-18(21)22-16/h2-8,15-16,20H,9-12H2,1H3/t15-,16-/m0/s1. The number of aryl methyl sites for hydroxylation is 1. The van der Waals surface area contributed by atoms with E-state index < -0.39 is 6.10 Å². The fourth-order valence-corrected chi connectivity index (χ4v) is 3.04. The zero-order valence-electron chi connectivity index (χ0n) is 12.7. The van der Waals surface area contributed by atoms with Crippen LogP contribution in [0.25, 0.3) is 11.3 Å². The van der Waals surface area contributed by atoms with E-state index in [9.17, 15) is 9.90 Å². The maximum Gasteiger partial charge on any atom is 0.308 e. The predicted octanol–water partition coefficient (Wildman–Crippen LogP) is 2.92. The average Bonchev–Trinajstić information content (AvgIpc) is 2.86. The van der Waals surface area contributed by atoms with Gasteiger partial charge in [0.2, 0.25) is 0 Å². The van der Waals surface area contributed by atoms with Crippen LogP contribution in [0.2, 0.25) is 0 Å². The van der Waals surface area contributed by atoms with Crippen LogP contribution >= 0.6 is 0 Å². The number of benzene rings is 1. The van der Waals surface area contributed by atoms with Gasteiger partial charge in [-0.2, -0.15) is 0 Å². The van der Waals surface area contributed by atoms with Crippen molar-refractivity contribution >= 4 is 5.97 Å². The van der Waals surface area contributed by atoms with Crippen LogP contribution in [0.1, 0.15) is 25.0 Å². The summed E-state index contributed by atoms with van der Waals surface area (Å²) in [5.74, 6) is -0.295. The minimum absolute atomic E-state index is 0.119. The molecule has 0 amide bonds. The van der Waals surface area contributed by atoms with Crippen LogP contribution in [0.4, 0.5) is 0 Å². The molecule has 0 spiro atoms. The van der Waals surface area contributed by atoms with Gasteiger partial charge in [0.1, 0.15) is 6.10 Å². The minimum atomic E-state index is -0.564. The van der Waals surface area contributed by atoms with Gasteiger partial charge in [0, 0.05) is 30.8 Å². The van der Waals surface area contributed by atoms with Gasteiger partial charge in [0.25, 0.3) is 0 Å². The summed E-state index contributed by atoms with van der Waals surface area (Å²) in [5.41, 5.74) is 3.53. The lowest BCUT2D eigenvalue weighted by molar-refractivity contribution is -0.160. The third-order valence-corrected chi connectivity index (χ3v) is 4.18. The van der Waals surface area contributed by atoms with Crippen LogP contribution in [0.5, 0.6) is 0 Å². The van der Waals surface area contributed by atoms with E-state index in [0.717, 1.165) is 13.0 Å². The number of aromatic nitrogens is 1. The first-order chi connectivity index (χ1) is 10.6. The van der Waals surface area contributed by atoms with Gasteiger partial charge in [0.05, 0.1) is 12.5 Å². The summed E-state index contributed by atoms with van der Waals surface area (Å²) in [4.78, 5) is 11.4. The SMILES string of the molecule is Cc1ccc(-c2ccccc2)n1CC[C@H]1C[C@H](O)CC(=O)O1. The summed E-state index contributed by atoms with van der Waals surface area (Å²) in [7, 11) is 0. The van der Waals surface area contributed by atoms with Gasteiger partial charge in [0.15, 0.2) is 0 Å². The van der Waals surface area contributed by atoms with Gasteiger partial charge >= 0.3 is 5.97 Å². The highest BCUT2D eigenvalue weighted by Crippen LogP contribution is 2.24. The fourth-order valence-electron chi connectivity index (χ4n) is 3.04. The number of esters is 1. The first-order valence-electron chi connectivity index (χ1n) is 7.72. The number of cyclic esters (lactones) is 1. The van der Waals surface area contributed by atoms with Crippen molar-refractivity contribution in [1.29, 1.82) is 0 Å². The van der Waals surface area contributed by atoms with E-state index in [-0.39, 0.29) is 18.5 Å². The van der Waals surface area contributed by atoms with Gasteiger partial charge in [-0.1, -0.05) is 30.3 Å². The molecule has 1 saturated heterocycles. The van der Waals surface area contributed by atoms with Crippen molar-refractivity contribution < 1.29 is 14.6 Å². The van der Waals surface area contributed by atoms with Crippen molar-refractivity contribution in [2.75, 3.05) is 0 Å². The summed E-state index contributed by atoms with van der Waals surface area (Å²) < 4.78 is 7.57. The van der Waals surface area contributed by atoms with Crippen molar-refractivity contribution in [3.63, 3.8) is 0 Å². The molecular weight excluding hydrogens is 278 g/mol. The minimum Gasteiger partial charge on any atom is -0.462 e. The highest BCUT2D eigenvalue weighted by molar-refractivity contribution is 5.71. The summed E-state index contributed by atoms with van der Waals surface area (Å²) in [6, 6.07) is 14.5. The second-order valence-corrected chi connectivity index (χ2v) is 5.87. The number of carbonyl (C=O) groups excluding carboxylic acids is 1. The predicted molar refractivity (Wildman–Crippen MR) is 84.3 cm³/mol. The number of carbonyl (C=O) groups is 1. The fraction of sp³-hybridized carbons (Fsp3) is 0.389. The molecule has 1 aliphatic rings. The maximum absolute atomic E-state index is 11.4. The lowest BCUT2D eigenvalue weighted by Gasteiger charge is -2.26. The second-order valence-electron chi connectivity index (χ2n) is 5.87. The lowest BCUT2D eigenvalue weighted by atomic mass is 10.0. The summed E-state index contributed by atoms with van der Waals surface area (Å²) >= 11 is 0. The number of ether oxygens (including phenoxy) is 1. The Balaban J connectivity index is 1.73. The molecule has 22 heavy (non-hydrogen) atoms. The molecule has 0 saturated carbocycles. The van der Waals surface area contributed by atoms with E-state index in [1.807, 2.05) is 18.2 Å². The molecule has 2 atom stereocenters. The number of nitrogens with zero attached hydrogens (tertiary/aromatic N) is 1. The molecule has 1 fully saturated rings. The van der Waals surface area contributed by atoms with Gasteiger partial charge in [-0.05, 0) is 24.6 Å². The quantitative estimate of drug-likeness (QED) is 0.883. The van der Waals surface area contributed by atoms with E-state index in [1.165, 1.54) is 17.0 Å². The molecule has 1 aromatic heterocycles. The van der Waals surface area contributed by atoms with Gasteiger partial charge < -0.3 is 14.4 Å². The first-order valence-corrected chi connectivity index (χ1v) is 7.72. The molecule has 0 bridgehead atoms. The molecule has 3 rings (SSSR count). The molecule has 116 valence electrons. The van der Waals surface area contributed by atoms with Gasteiger partial charge in [-0.15, -0.1) is 0 Å². The summed E-state index contributed by atoms with van der Waals surface area (Å²) in [5, 5.41) is 9.69. The first kappa shape index (κ1) is 14.9. The second kappa shape index (κ2) is 6.36. The monoisotopic (exact) mass is 299 g/mol. The molecule has 4 nitrogen and oxygen atoms in total. The number of aliphatic hydroxyl groups excluding tert-OH is 1. The molecule has 1 aromatic carbocycles. The largest absolute Gasteiger partial charge is 0.462 e. The normalized spacial score (nSPS) is 21.6. The van der Waals surface area contributed by atoms with Gasteiger partial charge in [-0.3, -0.25) is 4.79 Å². The molecule has 0 aliphatic carbocycles. The number of hydrogen-bond acceptors (Lipinski definition) is 3. The number of hydrogen-bond donors (Lipinski definition) is 1. The van der Waals surface area contributed by atoms with Crippen LogP contribution in [0.3, 0.4) is 0 Å². The zero-order chi connectivity index (χ0) is 15.5. The lowest BCUT2D eigenvalue weighted by Crippen LogP contribution is -2.33. The highest BCUT2D eigenvalue weighted by atomic mass is 16.5. The van der Waals surface area contributed by atoms with Crippen molar-refractivity contribution in [2.45, 2.75) is 44.9 Å². The van der Waals surface area contributed by atoms with Crippen LogP contribution in [0.15, 0.2) is 42.5 Å². The molecule has 4 heteroatoms. The molecule has 2 heterocycles. The summed E-state index contributed by atoms with van der Waals surface area (Å²) in [6.07, 6.45) is 0.617. The van der Waals surface area contributed by atoms with Crippen LogP contribution in [0, 0.1) is 6.92 Å². The molecule has 0 radical (unpaired) electrons. The van der Waals surface area contributed by atoms with Crippen molar-refractivity contribution in [2.24, 2.45) is 0 Å². The van der Waals surface area contributed by atoms with E-state index in [1.54, 1.807) is 0 Å².